The molecule has 118 valence electrons. The second-order valence-electron chi connectivity index (χ2n) is 5.59. The Kier molecular flexibility index (Phi) is 3.20. The highest BCUT2D eigenvalue weighted by atomic mass is 16.3. The highest BCUT2D eigenvalue weighted by Crippen LogP contribution is 2.29. The molecule has 0 aliphatic rings. The first-order valence-corrected chi connectivity index (χ1v) is 7.53. The number of hydrogen-bond donors (Lipinski definition) is 1. The number of aldehydes is 1. The van der Waals surface area contributed by atoms with Crippen molar-refractivity contribution in [3.63, 3.8) is 0 Å². The molecule has 0 saturated carbocycles. The normalized spacial score (nSPS) is 11.2. The van der Waals surface area contributed by atoms with Crippen LogP contribution in [-0.2, 0) is 6.54 Å². The maximum absolute atomic E-state index is 12.8. The fraction of sp³-hybridized carbons (Fsp3) is 0.0526. The minimum absolute atomic E-state index is 0.139. The molecule has 5 nitrogen and oxygen atoms in total. The Morgan fingerprint density at radius 3 is 2.50 bits per heavy atom. The van der Waals surface area contributed by atoms with E-state index in [0.717, 1.165) is 16.5 Å². The number of para-hydroxylation sites is 1. The summed E-state index contributed by atoms with van der Waals surface area (Å²) in [6, 6.07) is 17.4. The molecular formula is C19H14N2O3. The van der Waals surface area contributed by atoms with Crippen LogP contribution in [0.1, 0.15) is 15.9 Å². The molecule has 2 aromatic carbocycles. The molecule has 2 heterocycles. The minimum atomic E-state index is -0.407. The number of rotatable bonds is 3. The van der Waals surface area contributed by atoms with Crippen LogP contribution in [0.4, 0.5) is 5.88 Å². The van der Waals surface area contributed by atoms with Gasteiger partial charge in [0.15, 0.2) is 11.9 Å². The van der Waals surface area contributed by atoms with Gasteiger partial charge in [-0.1, -0.05) is 42.5 Å². The second-order valence-corrected chi connectivity index (χ2v) is 5.59. The number of carbonyl (C=O) groups excluding carboxylic acids is 1. The number of nitrogens with two attached hydrogens (primary N) is 1. The first-order chi connectivity index (χ1) is 11.7. The summed E-state index contributed by atoms with van der Waals surface area (Å²) in [4.78, 5) is 24.0. The Morgan fingerprint density at radius 2 is 1.75 bits per heavy atom. The van der Waals surface area contributed by atoms with E-state index in [0.29, 0.717) is 23.9 Å². The second kappa shape index (κ2) is 5.38. The Bertz CT molecular complexity index is 1120. The van der Waals surface area contributed by atoms with Gasteiger partial charge in [0.2, 0.25) is 11.3 Å². The molecule has 4 aromatic rings. The number of anilines is 1. The molecule has 0 radical (unpaired) electrons. The zero-order chi connectivity index (χ0) is 16.7. The van der Waals surface area contributed by atoms with E-state index in [1.165, 1.54) is 0 Å². The van der Waals surface area contributed by atoms with Gasteiger partial charge in [0.25, 0.3) is 0 Å². The molecule has 0 spiro atoms. The third-order valence-corrected chi connectivity index (χ3v) is 4.16. The van der Waals surface area contributed by atoms with Gasteiger partial charge in [-0.15, -0.1) is 0 Å². The lowest BCUT2D eigenvalue weighted by molar-refractivity contribution is 0.112. The van der Waals surface area contributed by atoms with Gasteiger partial charge in [0.1, 0.15) is 11.1 Å². The van der Waals surface area contributed by atoms with Crippen molar-refractivity contribution in [1.82, 2.24) is 4.57 Å². The molecule has 0 aliphatic heterocycles. The van der Waals surface area contributed by atoms with Gasteiger partial charge in [-0.05, 0) is 17.7 Å². The van der Waals surface area contributed by atoms with Crippen molar-refractivity contribution >= 4 is 34.2 Å². The number of nitrogens with zero attached hydrogens (tertiary/aromatic N) is 1. The number of nitrogen functional groups attached to an aromatic ring is 1. The van der Waals surface area contributed by atoms with E-state index >= 15 is 0 Å². The van der Waals surface area contributed by atoms with Crippen LogP contribution in [0.25, 0.3) is 22.0 Å². The van der Waals surface area contributed by atoms with Crippen molar-refractivity contribution < 1.29 is 9.21 Å². The monoisotopic (exact) mass is 318 g/mol. The Balaban J connectivity index is 2.13. The lowest BCUT2D eigenvalue weighted by Gasteiger charge is -2.07. The lowest BCUT2D eigenvalue weighted by Crippen LogP contribution is -2.15. The minimum Gasteiger partial charge on any atom is -0.438 e. The van der Waals surface area contributed by atoms with Crippen LogP contribution in [0.5, 0.6) is 0 Å². The fourth-order valence-corrected chi connectivity index (χ4v) is 3.05. The summed E-state index contributed by atoms with van der Waals surface area (Å²) in [6.07, 6.45) is 0.450. The van der Waals surface area contributed by atoms with E-state index in [9.17, 15) is 9.59 Å². The summed E-state index contributed by atoms with van der Waals surface area (Å²) in [6.45, 7) is 0.498. The lowest BCUT2D eigenvalue weighted by atomic mass is 10.2. The molecule has 0 bridgehead atoms. The molecule has 0 amide bonds. The Labute approximate surface area is 136 Å². The highest BCUT2D eigenvalue weighted by Gasteiger charge is 2.20. The third kappa shape index (κ3) is 2.02. The molecule has 2 N–H and O–H groups in total. The van der Waals surface area contributed by atoms with Crippen molar-refractivity contribution in [2.75, 3.05) is 5.73 Å². The number of benzene rings is 2. The van der Waals surface area contributed by atoms with Crippen LogP contribution < -0.4 is 11.2 Å². The molecule has 0 atom stereocenters. The zero-order valence-corrected chi connectivity index (χ0v) is 12.7. The van der Waals surface area contributed by atoms with Crippen LogP contribution in [0.2, 0.25) is 0 Å². The van der Waals surface area contributed by atoms with Crippen LogP contribution in [0, 0.1) is 0 Å². The third-order valence-electron chi connectivity index (χ3n) is 4.16. The van der Waals surface area contributed by atoms with Crippen LogP contribution >= 0.6 is 0 Å². The SMILES string of the molecule is Nc1oc2c3ccccc3n(Cc3ccccc3)c2c(=O)c1C=O. The largest absolute Gasteiger partial charge is 0.438 e. The fourth-order valence-electron chi connectivity index (χ4n) is 3.05. The van der Waals surface area contributed by atoms with Gasteiger partial charge in [0.05, 0.1) is 5.52 Å². The maximum atomic E-state index is 12.8. The van der Waals surface area contributed by atoms with E-state index in [1.807, 2.05) is 59.2 Å². The molecule has 5 heteroatoms. The first-order valence-electron chi connectivity index (χ1n) is 7.53. The Morgan fingerprint density at radius 1 is 1.04 bits per heavy atom. The smallest absolute Gasteiger partial charge is 0.221 e. The summed E-state index contributed by atoms with van der Waals surface area (Å²) in [7, 11) is 0. The van der Waals surface area contributed by atoms with E-state index in [-0.39, 0.29) is 11.4 Å². The van der Waals surface area contributed by atoms with Crippen LogP contribution in [0.3, 0.4) is 0 Å². The topological polar surface area (TPSA) is 78.2 Å². The van der Waals surface area contributed by atoms with Gasteiger partial charge in [-0.2, -0.15) is 0 Å². The number of carbonyl (C=O) groups is 1. The summed E-state index contributed by atoms with van der Waals surface area (Å²) in [5.74, 6) is -0.148. The van der Waals surface area contributed by atoms with Gasteiger partial charge in [-0.3, -0.25) is 9.59 Å². The molecule has 0 saturated heterocycles. The molecule has 0 fully saturated rings. The standard InChI is InChI=1S/C19H14N2O3/c20-19-14(11-22)17(23)16-18(24-19)13-8-4-5-9-15(13)21(16)10-12-6-2-1-3-7-12/h1-9,11H,10,20H2. The number of fused-ring (bicyclic) bond motifs is 3. The molecule has 0 aliphatic carbocycles. The molecular weight excluding hydrogens is 304 g/mol. The maximum Gasteiger partial charge on any atom is 0.221 e. The molecule has 0 unspecified atom stereocenters. The van der Waals surface area contributed by atoms with E-state index in [4.69, 9.17) is 10.2 Å². The van der Waals surface area contributed by atoms with Crippen molar-refractivity contribution in [2.45, 2.75) is 6.54 Å². The molecule has 2 aromatic heterocycles. The van der Waals surface area contributed by atoms with Crippen molar-refractivity contribution in [1.29, 1.82) is 0 Å². The quantitative estimate of drug-likeness (QED) is 0.588. The number of aromatic nitrogens is 1. The van der Waals surface area contributed by atoms with Crippen molar-refractivity contribution in [2.24, 2.45) is 0 Å². The molecule has 4 rings (SSSR count). The van der Waals surface area contributed by atoms with Crippen molar-refractivity contribution in [3.8, 4) is 0 Å². The predicted octanol–water partition coefficient (Wildman–Crippen LogP) is 3.19. The summed E-state index contributed by atoms with van der Waals surface area (Å²) in [5.41, 5.74) is 7.87. The average molecular weight is 318 g/mol. The van der Waals surface area contributed by atoms with E-state index in [2.05, 4.69) is 0 Å². The average Bonchev–Trinajstić information content (AvgIpc) is 2.90. The predicted molar refractivity (Wildman–Crippen MR) is 93.3 cm³/mol. The van der Waals surface area contributed by atoms with Gasteiger partial charge in [-0.25, -0.2) is 0 Å². The van der Waals surface area contributed by atoms with E-state index in [1.54, 1.807) is 0 Å². The number of hydrogen-bond acceptors (Lipinski definition) is 4. The van der Waals surface area contributed by atoms with Crippen LogP contribution in [-0.4, -0.2) is 10.9 Å². The molecule has 24 heavy (non-hydrogen) atoms. The zero-order valence-electron chi connectivity index (χ0n) is 12.7. The summed E-state index contributed by atoms with van der Waals surface area (Å²) >= 11 is 0. The van der Waals surface area contributed by atoms with Crippen molar-refractivity contribution in [3.05, 3.63) is 75.9 Å². The van der Waals surface area contributed by atoms with Crippen LogP contribution in [0.15, 0.2) is 63.8 Å². The van der Waals surface area contributed by atoms with Gasteiger partial charge < -0.3 is 14.7 Å². The summed E-state index contributed by atoms with van der Waals surface area (Å²) in [5, 5.41) is 0.796. The van der Waals surface area contributed by atoms with E-state index < -0.39 is 5.43 Å². The van der Waals surface area contributed by atoms with Gasteiger partial charge >= 0.3 is 0 Å². The highest BCUT2D eigenvalue weighted by molar-refractivity contribution is 6.06. The summed E-state index contributed by atoms with van der Waals surface area (Å²) < 4.78 is 7.50. The van der Waals surface area contributed by atoms with Gasteiger partial charge in [0, 0.05) is 11.9 Å². The first kappa shape index (κ1) is 14.3. The Hall–Kier alpha value is -3.34.